The number of fused-ring (bicyclic) bond motifs is 1. The molecule has 6 rings (SSSR count). The normalized spacial score (nSPS) is 14.4. The predicted octanol–water partition coefficient (Wildman–Crippen LogP) is 7.06. The predicted molar refractivity (Wildman–Crippen MR) is 169 cm³/mol. The highest BCUT2D eigenvalue weighted by Crippen LogP contribution is 2.38. The lowest BCUT2D eigenvalue weighted by Crippen LogP contribution is -2.57. The molecule has 9 nitrogen and oxygen atoms in total. The number of aliphatic carboxylic acids is 1. The Hall–Kier alpha value is -4.92. The Morgan fingerprint density at radius 2 is 1.66 bits per heavy atom. The standard InChI is InChI=1S/C35H36N6O3/c1-2-3-9-32(42)41(35(34(43)44)18-5-4-6-19-35)23-24-10-12-25(13-11-24)30-22-27(14-16-29(30)33-37-39-40-38-33)26-15-17-31-28(21-26)8-7-20-36-31/h7-8,10-17,20-22H,2-6,9,18-19,23H2,1H3,(H,43,44)(H,37,38,39,40). The summed E-state index contributed by atoms with van der Waals surface area (Å²) in [7, 11) is 0. The summed E-state index contributed by atoms with van der Waals surface area (Å²) in [6.45, 7) is 2.30. The average Bonchev–Trinajstić information content (AvgIpc) is 3.61. The van der Waals surface area contributed by atoms with Crippen LogP contribution in [0.15, 0.2) is 79.0 Å². The summed E-state index contributed by atoms with van der Waals surface area (Å²) in [5.74, 6) is -0.491. The van der Waals surface area contributed by atoms with Crippen molar-refractivity contribution in [1.29, 1.82) is 0 Å². The number of amides is 1. The lowest BCUT2D eigenvalue weighted by molar-refractivity contribution is -0.163. The maximum atomic E-state index is 13.5. The quantitative estimate of drug-likeness (QED) is 0.179. The lowest BCUT2D eigenvalue weighted by Gasteiger charge is -2.43. The van der Waals surface area contributed by atoms with Crippen LogP contribution < -0.4 is 0 Å². The Morgan fingerprint density at radius 1 is 0.909 bits per heavy atom. The second-order valence-electron chi connectivity index (χ2n) is 11.6. The summed E-state index contributed by atoms with van der Waals surface area (Å²) in [6.07, 6.45) is 7.37. The van der Waals surface area contributed by atoms with E-state index in [2.05, 4.69) is 55.9 Å². The van der Waals surface area contributed by atoms with E-state index < -0.39 is 11.5 Å². The minimum atomic E-state index is -1.16. The van der Waals surface area contributed by atoms with Crippen molar-refractivity contribution < 1.29 is 14.7 Å². The first kappa shape index (κ1) is 29.2. The number of pyridine rings is 1. The number of hydrogen-bond acceptors (Lipinski definition) is 6. The largest absolute Gasteiger partial charge is 0.479 e. The summed E-state index contributed by atoms with van der Waals surface area (Å²) in [5, 5.41) is 26.2. The van der Waals surface area contributed by atoms with Gasteiger partial charge < -0.3 is 10.0 Å². The van der Waals surface area contributed by atoms with E-state index in [4.69, 9.17) is 0 Å². The van der Waals surface area contributed by atoms with Crippen molar-refractivity contribution in [2.75, 3.05) is 0 Å². The SMILES string of the molecule is CCCCC(=O)N(Cc1ccc(-c2cc(-c3ccc4ncccc4c3)ccc2-c2nn[nH]n2)cc1)C1(C(=O)O)CCCCC1. The van der Waals surface area contributed by atoms with Gasteiger partial charge in [-0.3, -0.25) is 9.78 Å². The van der Waals surface area contributed by atoms with Gasteiger partial charge in [-0.15, -0.1) is 10.2 Å². The summed E-state index contributed by atoms with van der Waals surface area (Å²) in [6, 6.07) is 24.4. The van der Waals surface area contributed by atoms with Crippen LogP contribution in [-0.4, -0.2) is 53.0 Å². The van der Waals surface area contributed by atoms with E-state index >= 15 is 0 Å². The van der Waals surface area contributed by atoms with Crippen LogP contribution in [0.25, 0.3) is 44.5 Å². The zero-order valence-electron chi connectivity index (χ0n) is 24.9. The first-order chi connectivity index (χ1) is 21.5. The number of H-pyrrole nitrogens is 1. The third-order valence-electron chi connectivity index (χ3n) is 8.79. The van der Waals surface area contributed by atoms with Crippen molar-refractivity contribution >= 4 is 22.8 Å². The highest BCUT2D eigenvalue weighted by Gasteiger charge is 2.46. The lowest BCUT2D eigenvalue weighted by atomic mass is 9.79. The molecule has 2 heterocycles. The molecule has 1 aliphatic carbocycles. The number of carbonyl (C=O) groups is 2. The number of carboxylic acid groups (broad SMARTS) is 1. The highest BCUT2D eigenvalue weighted by atomic mass is 16.4. The fourth-order valence-corrected chi connectivity index (χ4v) is 6.34. The molecule has 3 aromatic carbocycles. The highest BCUT2D eigenvalue weighted by molar-refractivity contribution is 5.89. The Balaban J connectivity index is 1.35. The van der Waals surface area contributed by atoms with Gasteiger partial charge in [-0.1, -0.05) is 75.1 Å². The molecule has 2 aromatic heterocycles. The number of carboxylic acids is 1. The van der Waals surface area contributed by atoms with Crippen molar-refractivity contribution in [2.45, 2.75) is 70.4 Å². The van der Waals surface area contributed by atoms with Gasteiger partial charge >= 0.3 is 5.97 Å². The van der Waals surface area contributed by atoms with E-state index in [1.807, 2.05) is 49.4 Å². The number of benzene rings is 3. The van der Waals surface area contributed by atoms with Gasteiger partial charge in [0, 0.05) is 30.1 Å². The van der Waals surface area contributed by atoms with Crippen molar-refractivity contribution in [3.63, 3.8) is 0 Å². The van der Waals surface area contributed by atoms with Crippen molar-refractivity contribution in [1.82, 2.24) is 30.5 Å². The van der Waals surface area contributed by atoms with Crippen LogP contribution in [0.5, 0.6) is 0 Å². The fourth-order valence-electron chi connectivity index (χ4n) is 6.34. The molecule has 0 saturated heterocycles. The molecule has 0 spiro atoms. The second kappa shape index (κ2) is 12.8. The molecule has 9 heteroatoms. The van der Waals surface area contributed by atoms with Gasteiger partial charge in [-0.25, -0.2) is 4.79 Å². The van der Waals surface area contributed by atoms with Crippen LogP contribution in [-0.2, 0) is 16.1 Å². The Morgan fingerprint density at radius 3 is 2.39 bits per heavy atom. The fraction of sp³-hybridized carbons (Fsp3) is 0.314. The van der Waals surface area contributed by atoms with Crippen LogP contribution >= 0.6 is 0 Å². The maximum Gasteiger partial charge on any atom is 0.329 e. The maximum absolute atomic E-state index is 13.5. The molecule has 44 heavy (non-hydrogen) atoms. The molecule has 1 fully saturated rings. The third kappa shape index (κ3) is 5.82. The number of carbonyl (C=O) groups excluding carboxylic acids is 1. The molecule has 0 atom stereocenters. The number of tetrazole rings is 1. The van der Waals surface area contributed by atoms with E-state index in [9.17, 15) is 14.7 Å². The zero-order valence-corrected chi connectivity index (χ0v) is 24.9. The molecule has 0 bridgehead atoms. The van der Waals surface area contributed by atoms with Crippen LogP contribution in [0.4, 0.5) is 0 Å². The molecule has 1 amide bonds. The van der Waals surface area contributed by atoms with Gasteiger partial charge in [0.2, 0.25) is 11.7 Å². The Kier molecular flexibility index (Phi) is 8.45. The van der Waals surface area contributed by atoms with Gasteiger partial charge in [0.05, 0.1) is 5.52 Å². The van der Waals surface area contributed by atoms with Gasteiger partial charge in [0.1, 0.15) is 5.54 Å². The smallest absolute Gasteiger partial charge is 0.329 e. The number of nitrogens with one attached hydrogen (secondary N) is 1. The van der Waals surface area contributed by atoms with Crippen molar-refractivity contribution in [3.8, 4) is 33.6 Å². The van der Waals surface area contributed by atoms with E-state index in [-0.39, 0.29) is 12.5 Å². The van der Waals surface area contributed by atoms with Crippen LogP contribution in [0.3, 0.4) is 0 Å². The molecular weight excluding hydrogens is 552 g/mol. The van der Waals surface area contributed by atoms with Gasteiger partial charge in [-0.05, 0) is 82.6 Å². The molecule has 2 N–H and O–H groups in total. The van der Waals surface area contributed by atoms with E-state index in [0.717, 1.165) is 76.4 Å². The van der Waals surface area contributed by atoms with Crippen molar-refractivity contribution in [2.24, 2.45) is 0 Å². The number of nitrogens with zero attached hydrogens (tertiary/aromatic N) is 5. The zero-order chi connectivity index (χ0) is 30.5. The molecular formula is C35H36N6O3. The molecule has 0 aliphatic heterocycles. The minimum Gasteiger partial charge on any atom is -0.479 e. The molecule has 1 saturated carbocycles. The average molecular weight is 589 g/mol. The number of unbranched alkanes of at least 4 members (excludes halogenated alkanes) is 1. The first-order valence-corrected chi connectivity index (χ1v) is 15.3. The van der Waals surface area contributed by atoms with Gasteiger partial charge in [0.15, 0.2) is 0 Å². The van der Waals surface area contributed by atoms with Gasteiger partial charge in [-0.2, -0.15) is 5.21 Å². The van der Waals surface area contributed by atoms with E-state index in [0.29, 0.717) is 25.1 Å². The van der Waals surface area contributed by atoms with Crippen LogP contribution in [0, 0.1) is 0 Å². The molecule has 224 valence electrons. The Labute approximate surface area is 256 Å². The first-order valence-electron chi connectivity index (χ1n) is 15.3. The minimum absolute atomic E-state index is 0.0853. The van der Waals surface area contributed by atoms with E-state index in [1.165, 1.54) is 0 Å². The molecule has 1 aliphatic rings. The summed E-state index contributed by atoms with van der Waals surface area (Å²) < 4.78 is 0. The number of rotatable bonds is 10. The van der Waals surface area contributed by atoms with E-state index in [1.54, 1.807) is 11.1 Å². The monoisotopic (exact) mass is 588 g/mol. The summed E-state index contributed by atoms with van der Waals surface area (Å²) in [4.78, 5) is 32.2. The third-order valence-corrected chi connectivity index (χ3v) is 8.79. The molecule has 0 radical (unpaired) electrons. The van der Waals surface area contributed by atoms with Crippen molar-refractivity contribution in [3.05, 3.63) is 84.6 Å². The molecule has 5 aromatic rings. The number of hydrogen-bond donors (Lipinski definition) is 2. The van der Waals surface area contributed by atoms with Crippen LogP contribution in [0.1, 0.15) is 63.9 Å². The number of aromatic amines is 1. The van der Waals surface area contributed by atoms with Gasteiger partial charge in [0.25, 0.3) is 0 Å². The van der Waals surface area contributed by atoms with Crippen LogP contribution in [0.2, 0.25) is 0 Å². The molecule has 0 unspecified atom stereocenters. The summed E-state index contributed by atoms with van der Waals surface area (Å²) in [5.41, 5.74) is 5.50. The topological polar surface area (TPSA) is 125 Å². The second-order valence-corrected chi connectivity index (χ2v) is 11.6. The Bertz CT molecular complexity index is 1760. The summed E-state index contributed by atoms with van der Waals surface area (Å²) >= 11 is 0. The number of aromatic nitrogens is 5.